The van der Waals surface area contributed by atoms with Gasteiger partial charge in [-0.3, -0.25) is 0 Å². The zero-order valence-corrected chi connectivity index (χ0v) is 9.29. The van der Waals surface area contributed by atoms with Crippen LogP contribution in [0.15, 0.2) is 12.3 Å². The third kappa shape index (κ3) is 3.73. The molecule has 13 heavy (non-hydrogen) atoms. The zero-order valence-electron chi connectivity index (χ0n) is 6.96. The minimum absolute atomic E-state index is 0.428. The summed E-state index contributed by atoms with van der Waals surface area (Å²) >= 11 is 13.3. The smallest absolute Gasteiger partial charge is 0.130 e. The molecule has 2 nitrogen and oxygen atoms in total. The summed E-state index contributed by atoms with van der Waals surface area (Å²) in [5.41, 5.74) is 6.37. The van der Waals surface area contributed by atoms with Gasteiger partial charge < -0.3 is 5.73 Å². The second-order valence-corrected chi connectivity index (χ2v) is 4.34. The molecule has 0 aliphatic carbocycles. The summed E-state index contributed by atoms with van der Waals surface area (Å²) in [7, 11) is 0. The Hall–Kier alpha value is 0.0400. The van der Waals surface area contributed by atoms with E-state index >= 15 is 0 Å². The van der Waals surface area contributed by atoms with E-state index in [4.69, 9.17) is 28.9 Å². The summed E-state index contributed by atoms with van der Waals surface area (Å²) in [6, 6.07) is 1.65. The van der Waals surface area contributed by atoms with E-state index < -0.39 is 0 Å². The molecular formula is C8H10Cl2N2S. The van der Waals surface area contributed by atoms with E-state index in [9.17, 15) is 0 Å². The van der Waals surface area contributed by atoms with Gasteiger partial charge in [0.2, 0.25) is 0 Å². The van der Waals surface area contributed by atoms with E-state index in [-0.39, 0.29) is 0 Å². The summed E-state index contributed by atoms with van der Waals surface area (Å²) in [4.78, 5) is 3.96. The molecule has 1 aromatic heterocycles. The molecule has 0 saturated carbocycles. The van der Waals surface area contributed by atoms with Crippen LogP contribution in [0.3, 0.4) is 0 Å². The van der Waals surface area contributed by atoms with Crippen LogP contribution in [0.5, 0.6) is 0 Å². The molecule has 0 spiro atoms. The van der Waals surface area contributed by atoms with Crippen molar-refractivity contribution in [2.45, 2.75) is 5.75 Å². The number of nitrogens with two attached hydrogens (primary N) is 1. The number of nitrogens with zero attached hydrogens (tertiary/aromatic N) is 1. The SMILES string of the molecule is NCCSCc1cnc(Cl)cc1Cl. The summed E-state index contributed by atoms with van der Waals surface area (Å²) in [6.07, 6.45) is 1.70. The number of halogens is 2. The van der Waals surface area contributed by atoms with Crippen LogP contribution in [0.1, 0.15) is 5.56 Å². The third-order valence-electron chi connectivity index (χ3n) is 1.42. The maximum absolute atomic E-state index is 5.94. The highest BCUT2D eigenvalue weighted by Crippen LogP contribution is 2.22. The van der Waals surface area contributed by atoms with Crippen molar-refractivity contribution in [1.29, 1.82) is 0 Å². The van der Waals surface area contributed by atoms with Gasteiger partial charge in [0, 0.05) is 29.3 Å². The quantitative estimate of drug-likeness (QED) is 0.646. The first kappa shape index (κ1) is 11.1. The Labute approximate surface area is 91.8 Å². The largest absolute Gasteiger partial charge is 0.330 e. The van der Waals surface area contributed by atoms with Gasteiger partial charge in [-0.2, -0.15) is 11.8 Å². The molecule has 72 valence electrons. The molecule has 2 N–H and O–H groups in total. The number of thioether (sulfide) groups is 1. The lowest BCUT2D eigenvalue weighted by Crippen LogP contribution is -2.01. The highest BCUT2D eigenvalue weighted by Gasteiger charge is 2.01. The Morgan fingerprint density at radius 1 is 1.46 bits per heavy atom. The molecule has 5 heteroatoms. The second-order valence-electron chi connectivity index (χ2n) is 2.44. The fraction of sp³-hybridized carbons (Fsp3) is 0.375. The zero-order chi connectivity index (χ0) is 9.68. The molecule has 0 aromatic carbocycles. The predicted molar refractivity (Wildman–Crippen MR) is 59.5 cm³/mol. The van der Waals surface area contributed by atoms with E-state index in [0.29, 0.717) is 16.7 Å². The van der Waals surface area contributed by atoms with Crippen LogP contribution >= 0.6 is 35.0 Å². The summed E-state index contributed by atoms with van der Waals surface area (Å²) < 4.78 is 0. The van der Waals surface area contributed by atoms with Crippen molar-refractivity contribution in [2.75, 3.05) is 12.3 Å². The molecule has 0 radical (unpaired) electrons. The lowest BCUT2D eigenvalue weighted by Gasteiger charge is -2.02. The molecule has 0 unspecified atom stereocenters. The fourth-order valence-electron chi connectivity index (χ4n) is 0.807. The van der Waals surface area contributed by atoms with Gasteiger partial charge in [-0.25, -0.2) is 4.98 Å². The van der Waals surface area contributed by atoms with Crippen LogP contribution in [0.4, 0.5) is 0 Å². The van der Waals surface area contributed by atoms with Crippen molar-refractivity contribution in [3.8, 4) is 0 Å². The van der Waals surface area contributed by atoms with Gasteiger partial charge in [0.1, 0.15) is 5.15 Å². The second kappa shape index (κ2) is 5.70. The van der Waals surface area contributed by atoms with E-state index in [2.05, 4.69) is 4.98 Å². The maximum Gasteiger partial charge on any atom is 0.130 e. The molecule has 0 amide bonds. The number of rotatable bonds is 4. The fourth-order valence-corrected chi connectivity index (χ4v) is 2.08. The Morgan fingerprint density at radius 2 is 2.23 bits per heavy atom. The number of pyridine rings is 1. The molecule has 1 aromatic rings. The molecule has 1 rings (SSSR count). The van der Waals surface area contributed by atoms with Crippen LogP contribution in [-0.2, 0) is 5.75 Å². The average molecular weight is 237 g/mol. The minimum Gasteiger partial charge on any atom is -0.330 e. The molecule has 0 bridgehead atoms. The van der Waals surface area contributed by atoms with E-state index in [1.54, 1.807) is 24.0 Å². The van der Waals surface area contributed by atoms with Crippen LogP contribution in [0.25, 0.3) is 0 Å². The molecule has 1 heterocycles. The Bertz CT molecular complexity index is 281. The molecule has 0 aliphatic heterocycles. The first-order chi connectivity index (χ1) is 6.24. The summed E-state index contributed by atoms with van der Waals surface area (Å²) in [5, 5.41) is 1.10. The van der Waals surface area contributed by atoms with Crippen molar-refractivity contribution in [3.05, 3.63) is 28.0 Å². The van der Waals surface area contributed by atoms with Crippen molar-refractivity contribution in [3.63, 3.8) is 0 Å². The molecule has 0 saturated heterocycles. The van der Waals surface area contributed by atoms with E-state index in [1.165, 1.54) is 0 Å². The number of hydrogen-bond acceptors (Lipinski definition) is 3. The lowest BCUT2D eigenvalue weighted by molar-refractivity contribution is 1.15. The van der Waals surface area contributed by atoms with Crippen LogP contribution in [0.2, 0.25) is 10.2 Å². The van der Waals surface area contributed by atoms with E-state index in [0.717, 1.165) is 17.1 Å². The third-order valence-corrected chi connectivity index (χ3v) is 3.01. The number of aromatic nitrogens is 1. The highest BCUT2D eigenvalue weighted by atomic mass is 35.5. The monoisotopic (exact) mass is 236 g/mol. The number of hydrogen-bond donors (Lipinski definition) is 1. The first-order valence-electron chi connectivity index (χ1n) is 3.81. The summed E-state index contributed by atoms with van der Waals surface area (Å²) in [6.45, 7) is 0.684. The Kier molecular flexibility index (Phi) is 4.88. The lowest BCUT2D eigenvalue weighted by atomic mass is 10.3. The molecule has 0 aliphatic rings. The highest BCUT2D eigenvalue weighted by molar-refractivity contribution is 7.98. The standard InChI is InChI=1S/C8H10Cl2N2S/c9-7-3-8(10)12-4-6(7)5-13-2-1-11/h3-4H,1-2,5,11H2. The van der Waals surface area contributed by atoms with Crippen LogP contribution in [0, 0.1) is 0 Å². The van der Waals surface area contributed by atoms with Gasteiger partial charge in [-0.05, 0) is 11.6 Å². The Morgan fingerprint density at radius 3 is 2.85 bits per heavy atom. The molecule has 0 fully saturated rings. The van der Waals surface area contributed by atoms with Crippen molar-refractivity contribution < 1.29 is 0 Å². The van der Waals surface area contributed by atoms with Gasteiger partial charge in [0.15, 0.2) is 0 Å². The first-order valence-corrected chi connectivity index (χ1v) is 5.73. The topological polar surface area (TPSA) is 38.9 Å². The van der Waals surface area contributed by atoms with Crippen molar-refractivity contribution >= 4 is 35.0 Å². The van der Waals surface area contributed by atoms with Crippen LogP contribution < -0.4 is 5.73 Å². The van der Waals surface area contributed by atoms with Gasteiger partial charge in [-0.15, -0.1) is 0 Å². The molecule has 0 atom stereocenters. The van der Waals surface area contributed by atoms with Gasteiger partial charge >= 0.3 is 0 Å². The van der Waals surface area contributed by atoms with Gasteiger partial charge in [-0.1, -0.05) is 23.2 Å². The average Bonchev–Trinajstić information content (AvgIpc) is 2.09. The Balaban J connectivity index is 2.56. The maximum atomic E-state index is 5.94. The van der Waals surface area contributed by atoms with E-state index in [1.807, 2.05) is 0 Å². The normalized spacial score (nSPS) is 10.4. The molecular weight excluding hydrogens is 227 g/mol. The minimum atomic E-state index is 0.428. The van der Waals surface area contributed by atoms with Crippen molar-refractivity contribution in [2.24, 2.45) is 5.73 Å². The van der Waals surface area contributed by atoms with Gasteiger partial charge in [0.25, 0.3) is 0 Å². The van der Waals surface area contributed by atoms with Crippen LogP contribution in [-0.4, -0.2) is 17.3 Å². The van der Waals surface area contributed by atoms with Crippen molar-refractivity contribution in [1.82, 2.24) is 4.98 Å². The summed E-state index contributed by atoms with van der Waals surface area (Å²) in [5.74, 6) is 1.76. The van der Waals surface area contributed by atoms with Gasteiger partial charge in [0.05, 0.1) is 0 Å². The predicted octanol–water partition coefficient (Wildman–Crippen LogP) is 2.58.